The number of amides is 1. The number of ether oxygens (including phenoxy) is 1. The first-order valence-corrected chi connectivity index (χ1v) is 34.6. The highest BCUT2D eigenvalue weighted by molar-refractivity contribution is 7.47. The van der Waals surface area contributed by atoms with Gasteiger partial charge in [0.1, 0.15) is 19.3 Å². The summed E-state index contributed by atoms with van der Waals surface area (Å²) < 4.78 is 30.7. The second-order valence-corrected chi connectivity index (χ2v) is 24.7. The van der Waals surface area contributed by atoms with E-state index in [4.69, 9.17) is 13.8 Å². The van der Waals surface area contributed by atoms with Gasteiger partial charge in [-0.2, -0.15) is 0 Å². The highest BCUT2D eigenvalue weighted by Crippen LogP contribution is 2.43. The van der Waals surface area contributed by atoms with Crippen molar-refractivity contribution < 1.29 is 37.3 Å². The van der Waals surface area contributed by atoms with Crippen LogP contribution in [0.15, 0.2) is 97.2 Å². The van der Waals surface area contributed by atoms with Gasteiger partial charge in [0, 0.05) is 12.8 Å². The molecular weight excluding hydrogens is 1010 g/mol. The lowest BCUT2D eigenvalue weighted by atomic mass is 10.0. The highest BCUT2D eigenvalue weighted by atomic mass is 31.2. The fourth-order valence-electron chi connectivity index (χ4n) is 9.17. The third kappa shape index (κ3) is 59.5. The number of nitrogens with zero attached hydrogens (tertiary/aromatic N) is 1. The van der Waals surface area contributed by atoms with Crippen LogP contribution in [0.4, 0.5) is 0 Å². The minimum absolute atomic E-state index is 0.0323. The zero-order valence-corrected chi connectivity index (χ0v) is 53.7. The molecule has 0 aliphatic carbocycles. The Balaban J connectivity index is 5.23. The van der Waals surface area contributed by atoms with Crippen LogP contribution in [0.1, 0.15) is 284 Å². The van der Waals surface area contributed by atoms with Gasteiger partial charge in [0.05, 0.1) is 33.8 Å². The number of quaternary nitrogens is 1. The standard InChI is InChI=1S/C70H125N2O7P/c1-7-10-13-16-19-22-25-28-30-32-33-34-35-36-37-38-39-40-42-45-48-51-54-57-60-63-70(74)79-68(61-58-55-52-49-46-43-27-24-21-18-15-12-9-3)67(66-78-80(75,76)77-65-64-72(4,5)6)71-69(73)62-59-56-53-50-47-44-41-31-29-26-23-20-17-14-11-8-2/h10,13,19,22,28,30-31,33-34,36-37,39-41,58,61,67-68H,7-9,11-12,14-18,20-21,23-27,29,32,35,38,42-57,59-60,62-66H2,1-6H3,(H-,71,73,75,76)/p+1/b13-10-,22-19-,30-28-,34-33-,37-36-,40-39-,41-31+,61-58-. The molecule has 0 fully saturated rings. The number of likely N-dealkylation sites (N-methyl/N-ethyl adjacent to an activating group) is 1. The van der Waals surface area contributed by atoms with Crippen molar-refractivity contribution in [2.75, 3.05) is 40.9 Å². The van der Waals surface area contributed by atoms with Gasteiger partial charge in [-0.1, -0.05) is 260 Å². The van der Waals surface area contributed by atoms with Crippen LogP contribution in [0.3, 0.4) is 0 Å². The normalized spacial score (nSPS) is 14.2. The average molecular weight is 1140 g/mol. The molecule has 0 heterocycles. The van der Waals surface area contributed by atoms with Crippen LogP contribution in [0.2, 0.25) is 0 Å². The molecule has 0 saturated heterocycles. The van der Waals surface area contributed by atoms with E-state index in [1.54, 1.807) is 0 Å². The lowest BCUT2D eigenvalue weighted by Gasteiger charge is -2.27. The van der Waals surface area contributed by atoms with Gasteiger partial charge in [-0.25, -0.2) is 4.57 Å². The summed E-state index contributed by atoms with van der Waals surface area (Å²) >= 11 is 0. The molecule has 80 heavy (non-hydrogen) atoms. The fraction of sp³-hybridized carbons (Fsp3) is 0.743. The summed E-state index contributed by atoms with van der Waals surface area (Å²) in [5.74, 6) is -0.531. The first-order chi connectivity index (χ1) is 38.9. The third-order valence-corrected chi connectivity index (χ3v) is 15.2. The Hall–Kier alpha value is -3.07. The number of unbranched alkanes of at least 4 members (excludes halogenated alkanes) is 29. The van der Waals surface area contributed by atoms with Crippen LogP contribution in [0.5, 0.6) is 0 Å². The van der Waals surface area contributed by atoms with E-state index in [0.29, 0.717) is 17.4 Å². The minimum atomic E-state index is -4.46. The maximum atomic E-state index is 13.6. The van der Waals surface area contributed by atoms with E-state index in [9.17, 15) is 19.0 Å². The van der Waals surface area contributed by atoms with E-state index in [1.807, 2.05) is 33.3 Å². The van der Waals surface area contributed by atoms with Crippen LogP contribution >= 0.6 is 7.82 Å². The number of esters is 1. The summed E-state index contributed by atoms with van der Waals surface area (Å²) in [7, 11) is 1.47. The van der Waals surface area contributed by atoms with Crippen LogP contribution in [-0.4, -0.2) is 74.3 Å². The average Bonchev–Trinajstić information content (AvgIpc) is 3.42. The number of allylic oxidation sites excluding steroid dienone is 15. The van der Waals surface area contributed by atoms with Crippen LogP contribution in [0, 0.1) is 0 Å². The number of carbonyl (C=O) groups excluding carboxylic acids is 2. The van der Waals surface area contributed by atoms with E-state index in [1.165, 1.54) is 109 Å². The zero-order chi connectivity index (χ0) is 58.6. The predicted molar refractivity (Wildman–Crippen MR) is 346 cm³/mol. The summed E-state index contributed by atoms with van der Waals surface area (Å²) in [4.78, 5) is 37.8. The second kappa shape index (κ2) is 59.1. The fourth-order valence-corrected chi connectivity index (χ4v) is 9.91. The van der Waals surface area contributed by atoms with E-state index in [2.05, 4.69) is 111 Å². The Morgan fingerprint density at radius 1 is 0.450 bits per heavy atom. The third-order valence-electron chi connectivity index (χ3n) is 14.3. The van der Waals surface area contributed by atoms with Crippen molar-refractivity contribution in [3.63, 3.8) is 0 Å². The van der Waals surface area contributed by atoms with Gasteiger partial charge in [0.15, 0.2) is 0 Å². The molecule has 0 aromatic heterocycles. The molecule has 9 nitrogen and oxygen atoms in total. The van der Waals surface area contributed by atoms with Crippen molar-refractivity contribution in [3.05, 3.63) is 97.2 Å². The van der Waals surface area contributed by atoms with E-state index >= 15 is 0 Å². The minimum Gasteiger partial charge on any atom is -0.456 e. The number of phosphoric acid groups is 1. The van der Waals surface area contributed by atoms with Crippen LogP contribution in [0.25, 0.3) is 0 Å². The SMILES string of the molecule is CC/C=C\C/C=C\C/C=C\C/C=C\C/C=C\C/C=C\CCCCCCCCC(=O)OC(/C=C\CCCCCCCCCCCCC)C(COP(=O)(O)OCC[N+](C)(C)C)NC(=O)CCCCCCC/C=C/CCCCCCCCC. The molecule has 0 aliphatic heterocycles. The van der Waals surface area contributed by atoms with Gasteiger partial charge < -0.3 is 19.4 Å². The van der Waals surface area contributed by atoms with Gasteiger partial charge in [-0.05, 0) is 109 Å². The van der Waals surface area contributed by atoms with E-state index < -0.39 is 20.0 Å². The number of nitrogens with one attached hydrogen (secondary N) is 1. The van der Waals surface area contributed by atoms with E-state index in [0.717, 1.165) is 141 Å². The van der Waals surface area contributed by atoms with Crippen molar-refractivity contribution in [1.29, 1.82) is 0 Å². The van der Waals surface area contributed by atoms with Crippen molar-refractivity contribution in [3.8, 4) is 0 Å². The topological polar surface area (TPSA) is 111 Å². The molecule has 0 radical (unpaired) electrons. The number of rotatable bonds is 59. The molecule has 10 heteroatoms. The molecular formula is C70H126N2O7P+. The quantitative estimate of drug-likeness (QED) is 0.0205. The van der Waals surface area contributed by atoms with E-state index in [-0.39, 0.29) is 31.5 Å². The number of hydrogen-bond acceptors (Lipinski definition) is 6. The van der Waals surface area contributed by atoms with Gasteiger partial charge in [0.25, 0.3) is 0 Å². The number of carbonyl (C=O) groups is 2. The Kier molecular flexibility index (Phi) is 56.8. The maximum absolute atomic E-state index is 13.6. The van der Waals surface area contributed by atoms with Crippen molar-refractivity contribution >= 4 is 19.7 Å². The number of phosphoric ester groups is 1. The van der Waals surface area contributed by atoms with Crippen LogP contribution < -0.4 is 5.32 Å². The predicted octanol–water partition coefficient (Wildman–Crippen LogP) is 20.7. The highest BCUT2D eigenvalue weighted by Gasteiger charge is 2.30. The zero-order valence-electron chi connectivity index (χ0n) is 52.8. The lowest BCUT2D eigenvalue weighted by Crippen LogP contribution is -2.47. The Labute approximate surface area is 494 Å². The summed E-state index contributed by atoms with van der Waals surface area (Å²) in [6, 6.07) is -0.864. The Morgan fingerprint density at radius 3 is 1.21 bits per heavy atom. The smallest absolute Gasteiger partial charge is 0.456 e. The van der Waals surface area contributed by atoms with Gasteiger partial charge in [0.2, 0.25) is 5.91 Å². The maximum Gasteiger partial charge on any atom is 0.472 e. The monoisotopic (exact) mass is 1140 g/mol. The Bertz CT molecular complexity index is 1690. The molecule has 0 bridgehead atoms. The molecule has 0 spiro atoms. The van der Waals surface area contributed by atoms with Crippen molar-refractivity contribution in [2.24, 2.45) is 0 Å². The molecule has 0 aromatic rings. The summed E-state index contributed by atoms with van der Waals surface area (Å²) in [5, 5.41) is 3.05. The van der Waals surface area contributed by atoms with Crippen LogP contribution in [-0.2, 0) is 27.9 Å². The van der Waals surface area contributed by atoms with Gasteiger partial charge in [-0.3, -0.25) is 18.6 Å². The molecule has 0 aromatic carbocycles. The van der Waals surface area contributed by atoms with Gasteiger partial charge in [-0.15, -0.1) is 0 Å². The summed E-state index contributed by atoms with van der Waals surface area (Å²) in [6.07, 6.45) is 79.7. The molecule has 3 unspecified atom stereocenters. The van der Waals surface area contributed by atoms with Crippen molar-refractivity contribution in [2.45, 2.75) is 296 Å². The Morgan fingerprint density at radius 2 is 0.800 bits per heavy atom. The first kappa shape index (κ1) is 76.9. The largest absolute Gasteiger partial charge is 0.472 e. The molecule has 2 N–H and O–H groups in total. The molecule has 1 amide bonds. The molecule has 0 aliphatic rings. The molecule has 462 valence electrons. The van der Waals surface area contributed by atoms with Crippen molar-refractivity contribution in [1.82, 2.24) is 5.32 Å². The second-order valence-electron chi connectivity index (χ2n) is 23.3. The number of hydrogen-bond donors (Lipinski definition) is 2. The summed E-state index contributed by atoms with van der Waals surface area (Å²) in [5.41, 5.74) is 0. The van der Waals surface area contributed by atoms with Gasteiger partial charge >= 0.3 is 13.8 Å². The molecule has 0 saturated carbocycles. The lowest BCUT2D eigenvalue weighted by molar-refractivity contribution is -0.870. The summed E-state index contributed by atoms with van der Waals surface area (Å²) in [6.45, 7) is 6.89. The molecule has 3 atom stereocenters. The molecule has 0 rings (SSSR count). The first-order valence-electron chi connectivity index (χ1n) is 33.1.